The Morgan fingerprint density at radius 2 is 2.04 bits per heavy atom. The molecular weight excluding hydrogens is 392 g/mol. The SMILES string of the molecule is CC(=O)Nc1cccc(-n2nnnc2SCc2csc(-c3ccccc3)n2)c1. The standard InChI is InChI=1S/C19H16N6OS2/c1-13(26)20-15-8-5-9-17(10-15)25-19(22-23-24-25)28-12-16-11-27-18(21-16)14-6-3-2-4-7-14/h2-11H,12H2,1H3,(H,20,26). The fourth-order valence-corrected chi connectivity index (χ4v) is 4.29. The van der Waals surface area contributed by atoms with E-state index in [1.165, 1.54) is 18.7 Å². The van der Waals surface area contributed by atoms with Crippen molar-refractivity contribution >= 4 is 34.7 Å². The third kappa shape index (κ3) is 4.26. The molecule has 2 heterocycles. The molecule has 0 atom stereocenters. The molecule has 9 heteroatoms. The van der Waals surface area contributed by atoms with Gasteiger partial charge in [0.15, 0.2) is 0 Å². The average molecular weight is 409 g/mol. The molecule has 0 aliphatic carbocycles. The molecule has 2 aromatic heterocycles. The van der Waals surface area contributed by atoms with Gasteiger partial charge in [-0.15, -0.1) is 16.4 Å². The van der Waals surface area contributed by atoms with Crippen LogP contribution in [0.25, 0.3) is 16.3 Å². The normalized spacial score (nSPS) is 10.8. The van der Waals surface area contributed by atoms with Gasteiger partial charge in [-0.2, -0.15) is 4.68 Å². The lowest BCUT2D eigenvalue weighted by molar-refractivity contribution is -0.114. The van der Waals surface area contributed by atoms with Crippen LogP contribution in [0.5, 0.6) is 0 Å². The third-order valence-electron chi connectivity index (χ3n) is 3.77. The number of carbonyl (C=O) groups excluding carboxylic acids is 1. The number of amides is 1. The van der Waals surface area contributed by atoms with Crippen molar-refractivity contribution in [3.63, 3.8) is 0 Å². The first-order valence-corrected chi connectivity index (χ1v) is 10.3. The van der Waals surface area contributed by atoms with E-state index in [-0.39, 0.29) is 5.91 Å². The summed E-state index contributed by atoms with van der Waals surface area (Å²) in [5.74, 6) is 0.538. The maximum atomic E-state index is 11.3. The van der Waals surface area contributed by atoms with Crippen molar-refractivity contribution in [2.45, 2.75) is 17.8 Å². The van der Waals surface area contributed by atoms with E-state index in [1.54, 1.807) is 16.0 Å². The van der Waals surface area contributed by atoms with E-state index in [1.807, 2.05) is 42.5 Å². The maximum Gasteiger partial charge on any atom is 0.221 e. The Balaban J connectivity index is 1.48. The van der Waals surface area contributed by atoms with Crippen molar-refractivity contribution in [3.05, 3.63) is 65.7 Å². The number of carbonyl (C=O) groups is 1. The zero-order chi connectivity index (χ0) is 19.3. The summed E-state index contributed by atoms with van der Waals surface area (Å²) >= 11 is 3.14. The fraction of sp³-hybridized carbons (Fsp3) is 0.105. The van der Waals surface area contributed by atoms with E-state index >= 15 is 0 Å². The molecule has 0 aliphatic rings. The molecule has 0 saturated heterocycles. The smallest absolute Gasteiger partial charge is 0.221 e. The number of tetrazole rings is 1. The number of nitrogens with zero attached hydrogens (tertiary/aromatic N) is 5. The number of benzene rings is 2. The van der Waals surface area contributed by atoms with Crippen LogP contribution in [-0.2, 0) is 10.5 Å². The Morgan fingerprint density at radius 3 is 2.86 bits per heavy atom. The van der Waals surface area contributed by atoms with Gasteiger partial charge in [0, 0.05) is 29.3 Å². The van der Waals surface area contributed by atoms with Crippen LogP contribution in [0.4, 0.5) is 5.69 Å². The highest BCUT2D eigenvalue weighted by atomic mass is 32.2. The number of rotatable bonds is 6. The van der Waals surface area contributed by atoms with Crippen LogP contribution in [-0.4, -0.2) is 31.1 Å². The number of thioether (sulfide) groups is 1. The molecule has 1 N–H and O–H groups in total. The first-order valence-electron chi connectivity index (χ1n) is 8.48. The molecule has 0 spiro atoms. The molecule has 0 radical (unpaired) electrons. The number of nitrogens with one attached hydrogen (secondary N) is 1. The van der Waals surface area contributed by atoms with Gasteiger partial charge in [-0.25, -0.2) is 4.98 Å². The van der Waals surface area contributed by atoms with E-state index < -0.39 is 0 Å². The summed E-state index contributed by atoms with van der Waals surface area (Å²) in [6.45, 7) is 1.47. The van der Waals surface area contributed by atoms with Crippen LogP contribution < -0.4 is 5.32 Å². The monoisotopic (exact) mass is 408 g/mol. The summed E-state index contributed by atoms with van der Waals surface area (Å²) < 4.78 is 1.65. The minimum atomic E-state index is -0.124. The van der Waals surface area contributed by atoms with Gasteiger partial charge < -0.3 is 5.32 Å². The van der Waals surface area contributed by atoms with Crippen LogP contribution in [0.1, 0.15) is 12.6 Å². The largest absolute Gasteiger partial charge is 0.326 e. The molecule has 1 amide bonds. The Morgan fingerprint density at radius 1 is 1.18 bits per heavy atom. The zero-order valence-corrected chi connectivity index (χ0v) is 16.6. The van der Waals surface area contributed by atoms with Gasteiger partial charge in [-0.05, 0) is 28.6 Å². The minimum absolute atomic E-state index is 0.124. The van der Waals surface area contributed by atoms with Gasteiger partial charge in [0.25, 0.3) is 0 Å². The lowest BCUT2D eigenvalue weighted by atomic mass is 10.2. The molecule has 0 bridgehead atoms. The topological polar surface area (TPSA) is 85.6 Å². The quantitative estimate of drug-likeness (QED) is 0.485. The highest BCUT2D eigenvalue weighted by Crippen LogP contribution is 2.28. The molecule has 0 aliphatic heterocycles. The molecule has 140 valence electrons. The molecule has 0 unspecified atom stereocenters. The first kappa shape index (κ1) is 18.3. The number of hydrogen-bond acceptors (Lipinski definition) is 7. The molecule has 0 saturated carbocycles. The predicted octanol–water partition coefficient (Wildman–Crippen LogP) is 4.04. The van der Waals surface area contributed by atoms with Gasteiger partial charge in [-0.3, -0.25) is 4.79 Å². The molecule has 2 aromatic carbocycles. The van der Waals surface area contributed by atoms with Crippen molar-refractivity contribution in [2.75, 3.05) is 5.32 Å². The second-order valence-corrected chi connectivity index (χ2v) is 7.70. The Hall–Kier alpha value is -3.04. The molecule has 4 aromatic rings. The highest BCUT2D eigenvalue weighted by molar-refractivity contribution is 7.98. The van der Waals surface area contributed by atoms with Crippen LogP contribution in [0.15, 0.2) is 65.1 Å². The molecule has 4 rings (SSSR count). The Kier molecular flexibility index (Phi) is 5.45. The highest BCUT2D eigenvalue weighted by Gasteiger charge is 2.12. The van der Waals surface area contributed by atoms with Crippen molar-refractivity contribution < 1.29 is 4.79 Å². The second kappa shape index (κ2) is 8.32. The van der Waals surface area contributed by atoms with Crippen LogP contribution in [0, 0.1) is 0 Å². The molecular formula is C19H16N6OS2. The maximum absolute atomic E-state index is 11.3. The van der Waals surface area contributed by atoms with Crippen LogP contribution >= 0.6 is 23.1 Å². The van der Waals surface area contributed by atoms with Gasteiger partial charge in [0.05, 0.1) is 11.4 Å². The fourth-order valence-electron chi connectivity index (χ4n) is 2.57. The van der Waals surface area contributed by atoms with Crippen molar-refractivity contribution in [2.24, 2.45) is 0 Å². The van der Waals surface area contributed by atoms with E-state index in [0.717, 1.165) is 22.0 Å². The summed E-state index contributed by atoms with van der Waals surface area (Å²) in [5, 5.41) is 18.5. The summed E-state index contributed by atoms with van der Waals surface area (Å²) in [5.41, 5.74) is 3.57. The summed E-state index contributed by atoms with van der Waals surface area (Å²) in [4.78, 5) is 16.0. The number of hydrogen-bond donors (Lipinski definition) is 1. The van der Waals surface area contributed by atoms with E-state index in [9.17, 15) is 4.79 Å². The third-order valence-corrected chi connectivity index (χ3v) is 5.67. The van der Waals surface area contributed by atoms with Crippen LogP contribution in [0.2, 0.25) is 0 Å². The van der Waals surface area contributed by atoms with E-state index in [2.05, 4.69) is 38.4 Å². The lowest BCUT2D eigenvalue weighted by Crippen LogP contribution is -2.07. The molecule has 0 fully saturated rings. The Bertz CT molecular complexity index is 1090. The van der Waals surface area contributed by atoms with Gasteiger partial charge in [-0.1, -0.05) is 48.2 Å². The lowest BCUT2D eigenvalue weighted by Gasteiger charge is -2.06. The summed E-state index contributed by atoms with van der Waals surface area (Å²) in [7, 11) is 0. The number of thiazole rings is 1. The van der Waals surface area contributed by atoms with Gasteiger partial charge in [0.1, 0.15) is 5.01 Å². The van der Waals surface area contributed by atoms with Gasteiger partial charge >= 0.3 is 0 Å². The van der Waals surface area contributed by atoms with Crippen molar-refractivity contribution in [3.8, 4) is 16.3 Å². The zero-order valence-electron chi connectivity index (χ0n) is 14.9. The Labute approximate surface area is 169 Å². The predicted molar refractivity (Wildman–Crippen MR) is 111 cm³/mol. The van der Waals surface area contributed by atoms with Crippen molar-refractivity contribution in [1.82, 2.24) is 25.2 Å². The number of aromatic nitrogens is 5. The molecule has 28 heavy (non-hydrogen) atoms. The first-order chi connectivity index (χ1) is 13.7. The minimum Gasteiger partial charge on any atom is -0.326 e. The average Bonchev–Trinajstić information content (AvgIpc) is 3.36. The van der Waals surface area contributed by atoms with Crippen LogP contribution in [0.3, 0.4) is 0 Å². The van der Waals surface area contributed by atoms with Crippen molar-refractivity contribution in [1.29, 1.82) is 0 Å². The van der Waals surface area contributed by atoms with Gasteiger partial charge in [0.2, 0.25) is 11.1 Å². The molecule has 7 nitrogen and oxygen atoms in total. The summed E-state index contributed by atoms with van der Waals surface area (Å²) in [6.07, 6.45) is 0. The van der Waals surface area contributed by atoms with E-state index in [0.29, 0.717) is 16.6 Å². The number of anilines is 1. The second-order valence-electron chi connectivity index (χ2n) is 5.90. The summed E-state index contributed by atoms with van der Waals surface area (Å²) in [6, 6.07) is 17.5. The van der Waals surface area contributed by atoms with E-state index in [4.69, 9.17) is 4.98 Å².